The fourth-order valence-corrected chi connectivity index (χ4v) is 8.63. The zero-order valence-electron chi connectivity index (χ0n) is 31.0. The number of aromatic nitrogens is 5. The van der Waals surface area contributed by atoms with Crippen molar-refractivity contribution in [1.29, 1.82) is 0 Å². The molecule has 0 radical (unpaired) electrons. The Morgan fingerprint density at radius 3 is 1.83 bits per heavy atom. The number of hydrogen-bond acceptors (Lipinski definition) is 5. The van der Waals surface area contributed by atoms with Crippen LogP contribution in [0.2, 0.25) is 0 Å². The van der Waals surface area contributed by atoms with E-state index in [1.807, 2.05) is 36.4 Å². The largest absolute Gasteiger partial charge is 0.438 e. The first-order chi connectivity index (χ1) is 28.7. The lowest BCUT2D eigenvalue weighted by Crippen LogP contribution is -2.02. The van der Waals surface area contributed by atoms with Crippen LogP contribution in [-0.2, 0) is 0 Å². The van der Waals surface area contributed by atoms with Crippen LogP contribution in [0, 0.1) is 0 Å². The topological polar surface area (TPSA) is 69.6 Å². The summed E-state index contributed by atoms with van der Waals surface area (Å²) in [6.45, 7) is 0. The van der Waals surface area contributed by atoms with E-state index in [0.717, 1.165) is 76.9 Å². The molecule has 4 aromatic heterocycles. The van der Waals surface area contributed by atoms with E-state index in [-0.39, 0.29) is 0 Å². The molecule has 0 fully saturated rings. The maximum absolute atomic E-state index is 6.24. The second kappa shape index (κ2) is 12.8. The highest BCUT2D eigenvalue weighted by Crippen LogP contribution is 2.39. The minimum absolute atomic E-state index is 0.465. The highest BCUT2D eigenvalue weighted by Gasteiger charge is 2.20. The molecule has 0 spiro atoms. The monoisotopic (exact) mass is 741 g/mol. The van der Waals surface area contributed by atoms with Crippen molar-refractivity contribution in [3.8, 4) is 51.1 Å². The maximum atomic E-state index is 6.24. The van der Waals surface area contributed by atoms with Crippen LogP contribution in [0.1, 0.15) is 0 Å². The number of fused-ring (bicyclic) bond motifs is 8. The van der Waals surface area contributed by atoms with Gasteiger partial charge in [-0.1, -0.05) is 140 Å². The number of furan rings is 1. The molecule has 0 aliphatic heterocycles. The average Bonchev–Trinajstić information content (AvgIpc) is 3.84. The van der Waals surface area contributed by atoms with Crippen molar-refractivity contribution >= 4 is 65.4 Å². The first-order valence-electron chi connectivity index (χ1n) is 19.4. The Morgan fingerprint density at radius 2 is 1.00 bits per heavy atom. The third-order valence-corrected chi connectivity index (χ3v) is 11.3. The Morgan fingerprint density at radius 1 is 0.362 bits per heavy atom. The van der Waals surface area contributed by atoms with Crippen molar-refractivity contribution < 1.29 is 4.42 Å². The summed E-state index contributed by atoms with van der Waals surface area (Å²) in [7, 11) is 0. The van der Waals surface area contributed by atoms with Gasteiger partial charge >= 0.3 is 0 Å². The number of hydrogen-bond donors (Lipinski definition) is 0. The molecule has 0 bridgehead atoms. The first-order valence-corrected chi connectivity index (χ1v) is 19.4. The summed E-state index contributed by atoms with van der Waals surface area (Å²) >= 11 is 0. The smallest absolute Gasteiger partial charge is 0.227 e. The van der Waals surface area contributed by atoms with Crippen molar-refractivity contribution in [2.45, 2.75) is 0 Å². The molecule has 0 N–H and O–H groups in total. The van der Waals surface area contributed by atoms with E-state index in [9.17, 15) is 0 Å². The van der Waals surface area contributed by atoms with E-state index in [1.54, 1.807) is 0 Å². The second-order valence-electron chi connectivity index (χ2n) is 14.6. The van der Waals surface area contributed by atoms with Crippen LogP contribution in [0.3, 0.4) is 0 Å². The van der Waals surface area contributed by atoms with Gasteiger partial charge in [0, 0.05) is 38.1 Å². The van der Waals surface area contributed by atoms with Crippen molar-refractivity contribution in [2.24, 2.45) is 0 Å². The van der Waals surface area contributed by atoms with Crippen LogP contribution in [-0.4, -0.2) is 24.5 Å². The van der Waals surface area contributed by atoms with E-state index in [1.165, 1.54) is 10.8 Å². The third-order valence-electron chi connectivity index (χ3n) is 11.3. The van der Waals surface area contributed by atoms with E-state index in [2.05, 4.69) is 156 Å². The number of benzene rings is 8. The lowest BCUT2D eigenvalue weighted by Gasteiger charge is -2.15. The van der Waals surface area contributed by atoms with E-state index in [0.29, 0.717) is 28.9 Å². The van der Waals surface area contributed by atoms with Gasteiger partial charge in [0.1, 0.15) is 11.3 Å². The predicted molar refractivity (Wildman–Crippen MR) is 236 cm³/mol. The SMILES string of the molecule is c1ccc(-c2cc(-c3nc(-c4ccc5c(n4)oc4ccccc45)nc(-c4cccc5c(-n6c7ccccc7c7ccccc76)cccc45)n3)cc3ccccc23)cc1. The molecule has 12 rings (SSSR count). The van der Waals surface area contributed by atoms with Crippen LogP contribution in [0.5, 0.6) is 0 Å². The molecular weight excluding hydrogens is 711 g/mol. The van der Waals surface area contributed by atoms with E-state index in [4.69, 9.17) is 24.4 Å². The Kier molecular flexibility index (Phi) is 7.13. The Labute approximate surface area is 332 Å². The molecule has 0 unspecified atom stereocenters. The predicted octanol–water partition coefficient (Wildman–Crippen LogP) is 13.2. The maximum Gasteiger partial charge on any atom is 0.227 e. The Hall–Kier alpha value is -7.96. The quantitative estimate of drug-likeness (QED) is 0.176. The summed E-state index contributed by atoms with van der Waals surface area (Å²) in [5.74, 6) is 1.59. The van der Waals surface area contributed by atoms with Gasteiger partial charge in [-0.2, -0.15) is 0 Å². The van der Waals surface area contributed by atoms with Crippen molar-refractivity contribution in [1.82, 2.24) is 24.5 Å². The normalized spacial score (nSPS) is 11.8. The van der Waals surface area contributed by atoms with Gasteiger partial charge in [-0.15, -0.1) is 0 Å². The standard InChI is InChI=1S/C52H31N5O/c1-2-14-32(15-3-1)43-31-34(30-33-16-4-5-17-35(33)43)49-54-50(56-51(55-49)44-29-28-42-40-20-8-11-27-48(40)58-52(42)53-44)41-23-12-22-37-36(41)21-13-26-47(37)57-45-24-9-6-18-38(45)39-19-7-10-25-46(39)57/h1-31H. The van der Waals surface area contributed by atoms with Crippen molar-refractivity contribution in [3.63, 3.8) is 0 Å². The van der Waals surface area contributed by atoms with Crippen molar-refractivity contribution in [2.75, 3.05) is 0 Å². The fourth-order valence-electron chi connectivity index (χ4n) is 8.63. The van der Waals surface area contributed by atoms with Crippen LogP contribution in [0.4, 0.5) is 0 Å². The number of para-hydroxylation sites is 3. The van der Waals surface area contributed by atoms with Crippen molar-refractivity contribution in [3.05, 3.63) is 188 Å². The van der Waals surface area contributed by atoms with Gasteiger partial charge in [0.15, 0.2) is 17.5 Å². The lowest BCUT2D eigenvalue weighted by atomic mass is 9.95. The first kappa shape index (κ1) is 32.3. The van der Waals surface area contributed by atoms with Gasteiger partial charge in [-0.3, -0.25) is 0 Å². The van der Waals surface area contributed by atoms with E-state index >= 15 is 0 Å². The number of pyridine rings is 1. The summed E-state index contributed by atoms with van der Waals surface area (Å²) in [6.07, 6.45) is 0. The minimum Gasteiger partial charge on any atom is -0.438 e. The Balaban J connectivity index is 1.11. The molecular formula is C52H31N5O. The molecule has 6 heteroatoms. The van der Waals surface area contributed by atoms with E-state index < -0.39 is 0 Å². The fraction of sp³-hybridized carbons (Fsp3) is 0. The van der Waals surface area contributed by atoms with Gasteiger partial charge in [-0.05, 0) is 75.8 Å². The molecule has 6 nitrogen and oxygen atoms in total. The molecule has 8 aromatic carbocycles. The third kappa shape index (κ3) is 5.05. The molecule has 270 valence electrons. The molecule has 4 heterocycles. The van der Waals surface area contributed by atoms with Gasteiger partial charge in [0.2, 0.25) is 5.71 Å². The molecule has 0 amide bonds. The van der Waals surface area contributed by atoms with Gasteiger partial charge in [0.05, 0.1) is 16.7 Å². The minimum atomic E-state index is 0.465. The van der Waals surface area contributed by atoms with Crippen LogP contribution < -0.4 is 0 Å². The molecule has 0 saturated heterocycles. The molecule has 58 heavy (non-hydrogen) atoms. The highest BCUT2D eigenvalue weighted by molar-refractivity contribution is 6.11. The molecule has 0 aliphatic carbocycles. The summed E-state index contributed by atoms with van der Waals surface area (Å²) in [6, 6.07) is 65.4. The summed E-state index contributed by atoms with van der Waals surface area (Å²) in [4.78, 5) is 20.7. The summed E-state index contributed by atoms with van der Waals surface area (Å²) in [5.41, 5.74) is 9.36. The second-order valence-corrected chi connectivity index (χ2v) is 14.6. The zero-order chi connectivity index (χ0) is 38.2. The van der Waals surface area contributed by atoms with Crippen LogP contribution in [0.15, 0.2) is 192 Å². The van der Waals surface area contributed by atoms with Gasteiger partial charge < -0.3 is 8.98 Å². The zero-order valence-corrected chi connectivity index (χ0v) is 31.0. The van der Waals surface area contributed by atoms with Crippen LogP contribution in [0.25, 0.3) is 117 Å². The van der Waals surface area contributed by atoms with Gasteiger partial charge in [0.25, 0.3) is 0 Å². The molecule has 0 atom stereocenters. The van der Waals surface area contributed by atoms with Gasteiger partial charge in [-0.25, -0.2) is 19.9 Å². The number of rotatable bonds is 5. The summed E-state index contributed by atoms with van der Waals surface area (Å²) < 4.78 is 8.61. The number of nitrogens with zero attached hydrogens (tertiary/aromatic N) is 5. The Bertz CT molecular complexity index is 3530. The molecule has 0 aliphatic rings. The lowest BCUT2D eigenvalue weighted by molar-refractivity contribution is 0.654. The molecule has 0 saturated carbocycles. The van der Waals surface area contributed by atoms with Crippen LogP contribution >= 0.6 is 0 Å². The average molecular weight is 742 g/mol. The molecule has 12 aromatic rings. The summed E-state index contributed by atoms with van der Waals surface area (Å²) in [5, 5.41) is 8.80. The highest BCUT2D eigenvalue weighted by atomic mass is 16.3.